The van der Waals surface area contributed by atoms with Gasteiger partial charge in [0.25, 0.3) is 0 Å². The number of nitrogens with two attached hydrogens (primary N) is 2. The second kappa shape index (κ2) is 9.54. The van der Waals surface area contributed by atoms with Crippen molar-refractivity contribution in [2.75, 3.05) is 13.1 Å². The minimum Gasteiger partial charge on any atom is -0.369 e. The van der Waals surface area contributed by atoms with Crippen LogP contribution in [0.2, 0.25) is 0 Å². The van der Waals surface area contributed by atoms with E-state index in [4.69, 9.17) is 11.5 Å². The number of aromatic amines is 1. The maximum Gasteiger partial charge on any atom is 0.245 e. The van der Waals surface area contributed by atoms with Crippen LogP contribution in [0.3, 0.4) is 0 Å². The Morgan fingerprint density at radius 3 is 2.31 bits per heavy atom. The first-order chi connectivity index (χ1) is 16.6. The number of rotatable bonds is 7. The van der Waals surface area contributed by atoms with Gasteiger partial charge in [0.2, 0.25) is 17.7 Å². The highest BCUT2D eigenvalue weighted by atomic mass is 16.2. The number of piperidine rings is 1. The predicted octanol–water partition coefficient (Wildman–Crippen LogP) is 1.98. The number of likely N-dealkylation sites (tertiary alicyclic amines) is 1. The van der Waals surface area contributed by atoms with Crippen LogP contribution in [0, 0.1) is 0 Å². The molecule has 8 nitrogen and oxygen atoms in total. The predicted molar refractivity (Wildman–Crippen MR) is 135 cm³/mol. The topological polar surface area (TPSA) is 134 Å². The van der Waals surface area contributed by atoms with Gasteiger partial charge < -0.3 is 26.7 Å². The lowest BCUT2D eigenvalue weighted by molar-refractivity contribution is -0.140. The van der Waals surface area contributed by atoms with Crippen LogP contribution in [0.1, 0.15) is 37.8 Å². The first-order valence-corrected chi connectivity index (χ1v) is 11.9. The molecule has 184 valence electrons. The number of nitrogens with one attached hydrogen (secondary N) is 2. The van der Waals surface area contributed by atoms with Gasteiger partial charge in [0, 0.05) is 36.6 Å². The number of carbonyl (C=O) groups excluding carboxylic acids is 3. The SMILES string of the molecule is CC(C)(N)C(=O)N[C@H](Cc1c[nH]c2ccccc12)C(=O)N1CCC(C(N)=O)(c2ccccc2)CC1. The molecule has 1 saturated heterocycles. The molecule has 0 aliphatic carbocycles. The van der Waals surface area contributed by atoms with E-state index in [-0.39, 0.29) is 11.8 Å². The van der Waals surface area contributed by atoms with Crippen LogP contribution in [0.5, 0.6) is 0 Å². The van der Waals surface area contributed by atoms with Gasteiger partial charge in [-0.15, -0.1) is 0 Å². The molecule has 0 saturated carbocycles. The Bertz CT molecular complexity index is 1220. The number of H-pyrrole nitrogens is 1. The summed E-state index contributed by atoms with van der Waals surface area (Å²) in [6, 6.07) is 16.5. The molecule has 3 amide bonds. The lowest BCUT2D eigenvalue weighted by atomic mass is 9.72. The van der Waals surface area contributed by atoms with Gasteiger partial charge in [0.1, 0.15) is 6.04 Å². The molecule has 2 heterocycles. The number of fused-ring (bicyclic) bond motifs is 1. The second-order valence-corrected chi connectivity index (χ2v) is 9.95. The number of aromatic nitrogens is 1. The molecule has 1 fully saturated rings. The summed E-state index contributed by atoms with van der Waals surface area (Å²) in [7, 11) is 0. The first kappa shape index (κ1) is 24.5. The molecule has 0 bridgehead atoms. The summed E-state index contributed by atoms with van der Waals surface area (Å²) < 4.78 is 0. The molecule has 0 radical (unpaired) electrons. The van der Waals surface area contributed by atoms with E-state index in [0.717, 1.165) is 22.0 Å². The van der Waals surface area contributed by atoms with E-state index in [1.807, 2.05) is 60.8 Å². The second-order valence-electron chi connectivity index (χ2n) is 9.95. The third kappa shape index (κ3) is 4.93. The van der Waals surface area contributed by atoms with E-state index in [9.17, 15) is 14.4 Å². The van der Waals surface area contributed by atoms with Gasteiger partial charge in [-0.1, -0.05) is 48.5 Å². The lowest BCUT2D eigenvalue weighted by Gasteiger charge is -2.41. The van der Waals surface area contributed by atoms with Gasteiger partial charge in [-0.05, 0) is 43.9 Å². The van der Waals surface area contributed by atoms with Gasteiger partial charge in [-0.25, -0.2) is 0 Å². The van der Waals surface area contributed by atoms with E-state index in [2.05, 4.69) is 10.3 Å². The van der Waals surface area contributed by atoms with Crippen molar-refractivity contribution < 1.29 is 14.4 Å². The van der Waals surface area contributed by atoms with E-state index in [1.165, 1.54) is 0 Å². The average Bonchev–Trinajstić information content (AvgIpc) is 3.26. The molecule has 2 aromatic carbocycles. The monoisotopic (exact) mass is 475 g/mol. The normalized spacial score (nSPS) is 16.6. The van der Waals surface area contributed by atoms with Crippen LogP contribution >= 0.6 is 0 Å². The quantitative estimate of drug-likeness (QED) is 0.416. The Hall–Kier alpha value is -3.65. The van der Waals surface area contributed by atoms with Crippen molar-refractivity contribution in [3.05, 3.63) is 71.9 Å². The maximum absolute atomic E-state index is 13.7. The fourth-order valence-corrected chi connectivity index (χ4v) is 4.83. The number of benzene rings is 2. The zero-order valence-corrected chi connectivity index (χ0v) is 20.2. The highest BCUT2D eigenvalue weighted by molar-refractivity contribution is 5.93. The Kier molecular flexibility index (Phi) is 6.67. The number of carbonyl (C=O) groups is 3. The number of hydrogen-bond donors (Lipinski definition) is 4. The number of para-hydroxylation sites is 1. The molecule has 1 aromatic heterocycles. The van der Waals surface area contributed by atoms with E-state index in [1.54, 1.807) is 18.7 Å². The molecule has 0 spiro atoms. The number of primary amides is 1. The Balaban J connectivity index is 1.56. The van der Waals surface area contributed by atoms with Crippen molar-refractivity contribution in [3.63, 3.8) is 0 Å². The van der Waals surface area contributed by atoms with Crippen LogP contribution in [-0.4, -0.2) is 52.3 Å². The third-order valence-electron chi connectivity index (χ3n) is 7.01. The maximum atomic E-state index is 13.7. The Morgan fingerprint density at radius 2 is 1.69 bits per heavy atom. The van der Waals surface area contributed by atoms with Crippen molar-refractivity contribution in [1.82, 2.24) is 15.2 Å². The van der Waals surface area contributed by atoms with Crippen molar-refractivity contribution in [2.45, 2.75) is 50.1 Å². The number of nitrogens with zero attached hydrogens (tertiary/aromatic N) is 1. The minimum absolute atomic E-state index is 0.195. The van der Waals surface area contributed by atoms with Crippen molar-refractivity contribution in [2.24, 2.45) is 11.5 Å². The fourth-order valence-electron chi connectivity index (χ4n) is 4.83. The standard InChI is InChI=1S/C27H33N5O3/c1-26(2,29)25(35)31-22(16-18-17-30-21-11-7-6-10-20(18)21)23(33)32-14-12-27(13-15-32,24(28)34)19-8-4-3-5-9-19/h3-11,17,22,30H,12-16,29H2,1-2H3,(H2,28,34)(H,31,35)/t22-/m1/s1. The van der Waals surface area contributed by atoms with E-state index in [0.29, 0.717) is 32.4 Å². The molecular formula is C27H33N5O3. The summed E-state index contributed by atoms with van der Waals surface area (Å²) in [6.45, 7) is 3.95. The Morgan fingerprint density at radius 1 is 1.06 bits per heavy atom. The molecule has 1 aliphatic heterocycles. The fraction of sp³-hybridized carbons (Fsp3) is 0.370. The Labute approximate surface area is 205 Å². The van der Waals surface area contributed by atoms with Crippen molar-refractivity contribution >= 4 is 28.6 Å². The molecule has 3 aromatic rings. The highest BCUT2D eigenvalue weighted by Gasteiger charge is 2.43. The molecule has 8 heteroatoms. The first-order valence-electron chi connectivity index (χ1n) is 11.9. The third-order valence-corrected chi connectivity index (χ3v) is 7.01. The molecule has 1 atom stereocenters. The molecule has 0 unspecified atom stereocenters. The van der Waals surface area contributed by atoms with Gasteiger partial charge >= 0.3 is 0 Å². The van der Waals surface area contributed by atoms with E-state index >= 15 is 0 Å². The van der Waals surface area contributed by atoms with Crippen LogP contribution in [0.15, 0.2) is 60.8 Å². The average molecular weight is 476 g/mol. The molecular weight excluding hydrogens is 442 g/mol. The minimum atomic E-state index is -1.13. The summed E-state index contributed by atoms with van der Waals surface area (Å²) in [5.74, 6) is -0.980. The zero-order valence-electron chi connectivity index (χ0n) is 20.2. The summed E-state index contributed by atoms with van der Waals surface area (Å²) in [5, 5.41) is 3.87. The van der Waals surface area contributed by atoms with Crippen LogP contribution in [0.25, 0.3) is 10.9 Å². The van der Waals surface area contributed by atoms with Gasteiger partial charge in [0.05, 0.1) is 11.0 Å². The van der Waals surface area contributed by atoms with Gasteiger partial charge in [0.15, 0.2) is 0 Å². The smallest absolute Gasteiger partial charge is 0.245 e. The summed E-state index contributed by atoms with van der Waals surface area (Å²) >= 11 is 0. The largest absolute Gasteiger partial charge is 0.369 e. The number of amides is 3. The molecule has 35 heavy (non-hydrogen) atoms. The van der Waals surface area contributed by atoms with Crippen molar-refractivity contribution in [1.29, 1.82) is 0 Å². The van der Waals surface area contributed by atoms with Crippen molar-refractivity contribution in [3.8, 4) is 0 Å². The molecule has 4 rings (SSSR count). The van der Waals surface area contributed by atoms with Crippen LogP contribution < -0.4 is 16.8 Å². The molecule has 1 aliphatic rings. The number of hydrogen-bond acceptors (Lipinski definition) is 4. The summed E-state index contributed by atoms with van der Waals surface area (Å²) in [4.78, 5) is 43.9. The van der Waals surface area contributed by atoms with Gasteiger partial charge in [-0.3, -0.25) is 14.4 Å². The van der Waals surface area contributed by atoms with Gasteiger partial charge in [-0.2, -0.15) is 0 Å². The van der Waals surface area contributed by atoms with Crippen LogP contribution in [-0.2, 0) is 26.2 Å². The lowest BCUT2D eigenvalue weighted by Crippen LogP contribution is -2.59. The zero-order chi connectivity index (χ0) is 25.2. The van der Waals surface area contributed by atoms with Crippen LogP contribution in [0.4, 0.5) is 0 Å². The highest BCUT2D eigenvalue weighted by Crippen LogP contribution is 2.35. The summed E-state index contributed by atoms with van der Waals surface area (Å²) in [5.41, 5.74) is 12.7. The van der Waals surface area contributed by atoms with E-state index < -0.39 is 22.9 Å². The summed E-state index contributed by atoms with van der Waals surface area (Å²) in [6.07, 6.45) is 3.04. The molecule has 6 N–H and O–H groups in total.